The lowest BCUT2D eigenvalue weighted by atomic mass is 9.84. The van der Waals surface area contributed by atoms with Crippen molar-refractivity contribution >= 4 is 5.97 Å². The number of hydrogen-bond donors (Lipinski definition) is 1. The van der Waals surface area contributed by atoms with Gasteiger partial charge in [0.15, 0.2) is 0 Å². The number of ether oxygens (including phenoxy) is 1. The molecule has 3 nitrogen and oxygen atoms in total. The summed E-state index contributed by atoms with van der Waals surface area (Å²) in [6, 6.07) is 0. The SMILES string of the molecule is CCOC(=O)C(CC)C(O)CC(C)(C)C. The molecule has 0 heterocycles. The molecule has 0 rings (SSSR count). The predicted octanol–water partition coefficient (Wildman–Crippen LogP) is 2.37. The Hall–Kier alpha value is -0.570. The Morgan fingerprint density at radius 1 is 1.33 bits per heavy atom. The maximum Gasteiger partial charge on any atom is 0.311 e. The largest absolute Gasteiger partial charge is 0.466 e. The third-order valence-corrected chi connectivity index (χ3v) is 2.32. The Morgan fingerprint density at radius 2 is 1.87 bits per heavy atom. The van der Waals surface area contributed by atoms with Crippen molar-refractivity contribution in [3.05, 3.63) is 0 Å². The second-order valence-corrected chi connectivity index (χ2v) is 5.10. The van der Waals surface area contributed by atoms with Crippen molar-refractivity contribution in [1.29, 1.82) is 0 Å². The first-order valence-corrected chi connectivity index (χ1v) is 5.66. The predicted molar refractivity (Wildman–Crippen MR) is 60.5 cm³/mol. The van der Waals surface area contributed by atoms with E-state index < -0.39 is 6.10 Å². The lowest BCUT2D eigenvalue weighted by Gasteiger charge is -2.26. The van der Waals surface area contributed by atoms with Crippen LogP contribution in [0.15, 0.2) is 0 Å². The summed E-state index contributed by atoms with van der Waals surface area (Å²) in [7, 11) is 0. The van der Waals surface area contributed by atoms with Crippen LogP contribution >= 0.6 is 0 Å². The minimum atomic E-state index is -0.603. The zero-order valence-electron chi connectivity index (χ0n) is 10.5. The Morgan fingerprint density at radius 3 is 2.20 bits per heavy atom. The average Bonchev–Trinajstić information content (AvgIpc) is 2.02. The zero-order valence-corrected chi connectivity index (χ0v) is 10.5. The Balaban J connectivity index is 4.34. The molecule has 15 heavy (non-hydrogen) atoms. The first kappa shape index (κ1) is 14.4. The van der Waals surface area contributed by atoms with Crippen molar-refractivity contribution in [2.75, 3.05) is 6.61 Å². The van der Waals surface area contributed by atoms with Gasteiger partial charge in [-0.3, -0.25) is 4.79 Å². The number of rotatable bonds is 5. The Kier molecular flexibility index (Phi) is 5.88. The molecule has 0 aliphatic heterocycles. The molecule has 3 heteroatoms. The van der Waals surface area contributed by atoms with E-state index in [-0.39, 0.29) is 17.3 Å². The van der Waals surface area contributed by atoms with Gasteiger partial charge in [0.05, 0.1) is 18.6 Å². The molecule has 0 aromatic rings. The van der Waals surface area contributed by atoms with Gasteiger partial charge >= 0.3 is 5.97 Å². The second-order valence-electron chi connectivity index (χ2n) is 5.10. The summed E-state index contributed by atoms with van der Waals surface area (Å²) in [5.74, 6) is -0.666. The Labute approximate surface area is 92.8 Å². The summed E-state index contributed by atoms with van der Waals surface area (Å²) >= 11 is 0. The molecule has 1 N–H and O–H groups in total. The molecule has 0 aromatic heterocycles. The minimum absolute atomic E-state index is 0.0271. The first-order valence-electron chi connectivity index (χ1n) is 5.66. The molecule has 0 aliphatic rings. The normalized spacial score (nSPS) is 15.9. The standard InChI is InChI=1S/C12H24O3/c1-6-9(11(14)15-7-2)10(13)8-12(3,4)5/h9-10,13H,6-8H2,1-5H3. The third kappa shape index (κ3) is 5.78. The van der Waals surface area contributed by atoms with Crippen molar-refractivity contribution in [2.45, 2.75) is 53.6 Å². The molecule has 0 bridgehead atoms. The first-order chi connectivity index (χ1) is 6.81. The monoisotopic (exact) mass is 216 g/mol. The molecule has 0 radical (unpaired) electrons. The lowest BCUT2D eigenvalue weighted by Crippen LogP contribution is -2.32. The summed E-state index contributed by atoms with van der Waals surface area (Å²) in [6.07, 6.45) is 0.634. The second kappa shape index (κ2) is 6.11. The smallest absolute Gasteiger partial charge is 0.311 e. The van der Waals surface area contributed by atoms with Crippen LogP contribution in [-0.4, -0.2) is 23.8 Å². The molecular weight excluding hydrogens is 192 g/mol. The van der Waals surface area contributed by atoms with E-state index in [0.29, 0.717) is 19.4 Å². The van der Waals surface area contributed by atoms with E-state index >= 15 is 0 Å². The van der Waals surface area contributed by atoms with Gasteiger partial charge in [-0.15, -0.1) is 0 Å². The van der Waals surface area contributed by atoms with Crippen LogP contribution in [0.3, 0.4) is 0 Å². The summed E-state index contributed by atoms with van der Waals surface area (Å²) in [6.45, 7) is 10.2. The summed E-state index contributed by atoms with van der Waals surface area (Å²) in [4.78, 5) is 11.5. The van der Waals surface area contributed by atoms with Crippen molar-refractivity contribution in [3.63, 3.8) is 0 Å². The van der Waals surface area contributed by atoms with Crippen LogP contribution in [0, 0.1) is 11.3 Å². The minimum Gasteiger partial charge on any atom is -0.466 e. The van der Waals surface area contributed by atoms with Gasteiger partial charge in [-0.25, -0.2) is 0 Å². The molecular formula is C12H24O3. The summed E-state index contributed by atoms with van der Waals surface area (Å²) in [5, 5.41) is 9.94. The van der Waals surface area contributed by atoms with Gasteiger partial charge in [-0.05, 0) is 25.2 Å². The molecule has 0 fully saturated rings. The van der Waals surface area contributed by atoms with Crippen molar-refractivity contribution in [3.8, 4) is 0 Å². The van der Waals surface area contributed by atoms with Gasteiger partial charge in [0, 0.05) is 0 Å². The lowest BCUT2D eigenvalue weighted by molar-refractivity contribution is -0.152. The summed E-state index contributed by atoms with van der Waals surface area (Å²) < 4.78 is 4.93. The number of carbonyl (C=O) groups is 1. The fraction of sp³-hybridized carbons (Fsp3) is 0.917. The molecule has 0 saturated carbocycles. The van der Waals surface area contributed by atoms with E-state index in [2.05, 4.69) is 0 Å². The van der Waals surface area contributed by atoms with Gasteiger partial charge in [-0.1, -0.05) is 27.7 Å². The van der Waals surface area contributed by atoms with Gasteiger partial charge in [-0.2, -0.15) is 0 Å². The number of carbonyl (C=O) groups excluding carboxylic acids is 1. The van der Waals surface area contributed by atoms with E-state index in [1.807, 2.05) is 27.7 Å². The van der Waals surface area contributed by atoms with Crippen LogP contribution in [0.2, 0.25) is 0 Å². The van der Waals surface area contributed by atoms with Gasteiger partial charge < -0.3 is 9.84 Å². The molecule has 2 atom stereocenters. The number of aliphatic hydroxyl groups excluding tert-OH is 1. The average molecular weight is 216 g/mol. The summed E-state index contributed by atoms with van der Waals surface area (Å²) in [5.41, 5.74) is 0.0271. The maximum absolute atomic E-state index is 11.5. The highest BCUT2D eigenvalue weighted by Gasteiger charge is 2.29. The molecule has 0 aliphatic carbocycles. The molecule has 0 aromatic carbocycles. The highest BCUT2D eigenvalue weighted by molar-refractivity contribution is 5.73. The Bertz CT molecular complexity index is 194. The van der Waals surface area contributed by atoms with E-state index in [1.54, 1.807) is 6.92 Å². The van der Waals surface area contributed by atoms with Crippen LogP contribution < -0.4 is 0 Å². The van der Waals surface area contributed by atoms with Crippen LogP contribution in [0.4, 0.5) is 0 Å². The fourth-order valence-electron chi connectivity index (χ4n) is 1.61. The van der Waals surface area contributed by atoms with Crippen LogP contribution in [-0.2, 0) is 9.53 Å². The highest BCUT2D eigenvalue weighted by Crippen LogP contribution is 2.26. The van der Waals surface area contributed by atoms with Crippen LogP contribution in [0.1, 0.15) is 47.5 Å². The van der Waals surface area contributed by atoms with E-state index in [9.17, 15) is 9.90 Å². The van der Waals surface area contributed by atoms with Gasteiger partial charge in [0.25, 0.3) is 0 Å². The molecule has 2 unspecified atom stereocenters. The zero-order chi connectivity index (χ0) is 12.1. The van der Waals surface area contributed by atoms with Gasteiger partial charge in [0.1, 0.15) is 0 Å². The maximum atomic E-state index is 11.5. The van der Waals surface area contributed by atoms with E-state index in [0.717, 1.165) is 0 Å². The third-order valence-electron chi connectivity index (χ3n) is 2.32. The topological polar surface area (TPSA) is 46.5 Å². The van der Waals surface area contributed by atoms with E-state index in [1.165, 1.54) is 0 Å². The fourth-order valence-corrected chi connectivity index (χ4v) is 1.61. The molecule has 0 amide bonds. The van der Waals surface area contributed by atoms with Crippen LogP contribution in [0.5, 0.6) is 0 Å². The van der Waals surface area contributed by atoms with Gasteiger partial charge in [0.2, 0.25) is 0 Å². The quantitative estimate of drug-likeness (QED) is 0.718. The number of aliphatic hydroxyl groups is 1. The van der Waals surface area contributed by atoms with Crippen molar-refractivity contribution < 1.29 is 14.6 Å². The van der Waals surface area contributed by atoms with Crippen LogP contribution in [0.25, 0.3) is 0 Å². The van der Waals surface area contributed by atoms with Crippen molar-refractivity contribution in [1.82, 2.24) is 0 Å². The number of esters is 1. The molecule has 0 saturated heterocycles. The van der Waals surface area contributed by atoms with Crippen molar-refractivity contribution in [2.24, 2.45) is 11.3 Å². The highest BCUT2D eigenvalue weighted by atomic mass is 16.5. The number of hydrogen-bond acceptors (Lipinski definition) is 3. The van der Waals surface area contributed by atoms with E-state index in [4.69, 9.17) is 4.74 Å². The molecule has 0 spiro atoms. The molecule has 90 valence electrons.